The first kappa shape index (κ1) is 24.3. The summed E-state index contributed by atoms with van der Waals surface area (Å²) in [5.74, 6) is -1.28. The molecule has 4 heterocycles. The maximum absolute atomic E-state index is 13.7. The number of hydrogen-bond donors (Lipinski definition) is 1. The van der Waals surface area contributed by atoms with Crippen molar-refractivity contribution in [3.8, 4) is 5.69 Å². The molecular formula is C27H22ClFN6O2S. The number of amides is 2. The van der Waals surface area contributed by atoms with E-state index in [2.05, 4.69) is 15.5 Å². The van der Waals surface area contributed by atoms with Crippen molar-refractivity contribution in [1.29, 1.82) is 0 Å². The lowest BCUT2D eigenvalue weighted by Gasteiger charge is -2.28. The van der Waals surface area contributed by atoms with Gasteiger partial charge in [-0.3, -0.25) is 14.3 Å². The van der Waals surface area contributed by atoms with Gasteiger partial charge in [0.15, 0.2) is 0 Å². The number of aromatic nitrogens is 4. The molecule has 0 bridgehead atoms. The number of carbonyl (C=O) groups is 2. The van der Waals surface area contributed by atoms with Gasteiger partial charge in [-0.15, -0.1) is 11.3 Å². The Bertz CT molecular complexity index is 1680. The summed E-state index contributed by atoms with van der Waals surface area (Å²) in [5.41, 5.74) is 2.50. The fourth-order valence-corrected chi connectivity index (χ4v) is 6.15. The summed E-state index contributed by atoms with van der Waals surface area (Å²) in [4.78, 5) is 29.3. The first-order chi connectivity index (χ1) is 18.3. The van der Waals surface area contributed by atoms with Crippen molar-refractivity contribution in [3.63, 3.8) is 0 Å². The number of nitrogens with zero attached hydrogens (tertiary/aromatic N) is 5. The zero-order valence-corrected chi connectivity index (χ0v) is 21.9. The van der Waals surface area contributed by atoms with Gasteiger partial charge in [0.2, 0.25) is 5.91 Å². The lowest BCUT2D eigenvalue weighted by molar-refractivity contribution is -0.120. The summed E-state index contributed by atoms with van der Waals surface area (Å²) < 4.78 is 17.3. The van der Waals surface area contributed by atoms with Crippen LogP contribution in [-0.2, 0) is 11.8 Å². The number of halogens is 2. The minimum absolute atomic E-state index is 0.115. The van der Waals surface area contributed by atoms with Gasteiger partial charge in [-0.2, -0.15) is 10.2 Å². The molecule has 3 unspecified atom stereocenters. The third kappa shape index (κ3) is 4.15. The summed E-state index contributed by atoms with van der Waals surface area (Å²) in [6, 6.07) is 16.1. The Morgan fingerprint density at radius 3 is 2.53 bits per heavy atom. The lowest BCUT2D eigenvalue weighted by atomic mass is 9.98. The second-order valence-electron chi connectivity index (χ2n) is 9.23. The number of anilines is 1. The van der Waals surface area contributed by atoms with Crippen molar-refractivity contribution in [3.05, 3.63) is 93.8 Å². The Hall–Kier alpha value is -4.02. The van der Waals surface area contributed by atoms with Gasteiger partial charge >= 0.3 is 0 Å². The molecule has 0 spiro atoms. The number of thiophene rings is 1. The summed E-state index contributed by atoms with van der Waals surface area (Å²) in [5, 5.41) is 12.5. The smallest absolute Gasteiger partial charge is 0.272 e. The number of benzene rings is 2. The number of nitrogens with one attached hydrogen (secondary N) is 1. The van der Waals surface area contributed by atoms with E-state index in [9.17, 15) is 14.0 Å². The predicted molar refractivity (Wildman–Crippen MR) is 144 cm³/mol. The van der Waals surface area contributed by atoms with Gasteiger partial charge in [-0.05, 0) is 60.7 Å². The van der Waals surface area contributed by atoms with Crippen LogP contribution in [0.15, 0.2) is 73.1 Å². The monoisotopic (exact) mass is 548 g/mol. The molecule has 2 amide bonds. The molecule has 1 aliphatic heterocycles. The largest absolute Gasteiger partial charge is 0.345 e. The van der Waals surface area contributed by atoms with E-state index in [1.807, 2.05) is 31.2 Å². The molecule has 1 N–H and O–H groups in total. The molecule has 38 heavy (non-hydrogen) atoms. The average Bonchev–Trinajstić information content (AvgIpc) is 3.68. The van der Waals surface area contributed by atoms with Gasteiger partial charge in [-0.25, -0.2) is 9.07 Å². The molecule has 0 saturated carbocycles. The molecule has 0 radical (unpaired) electrons. The zero-order chi connectivity index (χ0) is 26.6. The Morgan fingerprint density at radius 2 is 1.84 bits per heavy atom. The fraction of sp³-hybridized carbons (Fsp3) is 0.185. The van der Waals surface area contributed by atoms with E-state index in [1.165, 1.54) is 23.5 Å². The Balaban J connectivity index is 1.39. The third-order valence-electron chi connectivity index (χ3n) is 6.81. The molecule has 3 atom stereocenters. The predicted octanol–water partition coefficient (Wildman–Crippen LogP) is 5.14. The number of hydrogen-bond acceptors (Lipinski definition) is 5. The third-order valence-corrected chi connectivity index (χ3v) is 8.12. The van der Waals surface area contributed by atoms with Crippen LogP contribution in [-0.4, -0.2) is 37.4 Å². The first-order valence-electron chi connectivity index (χ1n) is 11.9. The van der Waals surface area contributed by atoms with Crippen LogP contribution < -0.4 is 10.2 Å². The van der Waals surface area contributed by atoms with Crippen molar-refractivity contribution in [2.75, 3.05) is 4.90 Å². The van der Waals surface area contributed by atoms with Crippen molar-refractivity contribution in [2.24, 2.45) is 13.0 Å². The summed E-state index contributed by atoms with van der Waals surface area (Å²) in [6.07, 6.45) is 3.41. The van der Waals surface area contributed by atoms with Crippen LogP contribution in [0, 0.1) is 11.7 Å². The van der Waals surface area contributed by atoms with Crippen LogP contribution in [0.3, 0.4) is 0 Å². The highest BCUT2D eigenvalue weighted by atomic mass is 35.5. The van der Waals surface area contributed by atoms with Gasteiger partial charge in [0.05, 0.1) is 39.7 Å². The highest BCUT2D eigenvalue weighted by molar-refractivity contribution is 7.16. The fourth-order valence-electron chi connectivity index (χ4n) is 4.95. The molecule has 1 aliphatic rings. The topological polar surface area (TPSA) is 85.0 Å². The Morgan fingerprint density at radius 1 is 1.08 bits per heavy atom. The molecule has 0 aliphatic carbocycles. The van der Waals surface area contributed by atoms with E-state index >= 15 is 0 Å². The minimum Gasteiger partial charge on any atom is -0.345 e. The summed E-state index contributed by atoms with van der Waals surface area (Å²) in [6.45, 7) is 1.82. The first-order valence-corrected chi connectivity index (χ1v) is 13.1. The van der Waals surface area contributed by atoms with Crippen molar-refractivity contribution in [1.82, 2.24) is 24.9 Å². The van der Waals surface area contributed by atoms with Crippen molar-refractivity contribution < 1.29 is 14.0 Å². The van der Waals surface area contributed by atoms with Gasteiger partial charge in [-0.1, -0.05) is 18.5 Å². The standard InChI is InChI=1S/C27H22ClFN6O2S/c1-15-24(31-26(36)20-11-12-33(2)32-20)25(22-9-10-23(28)38-22)34(27(15)37)19-7-8-21-16(13-19)14-30-35(21)18-5-3-17(29)4-6-18/h3-15,24-25H,1-2H3,(H,31,36). The van der Waals surface area contributed by atoms with Crippen molar-refractivity contribution in [2.45, 2.75) is 19.0 Å². The van der Waals surface area contributed by atoms with E-state index in [0.717, 1.165) is 21.5 Å². The molecule has 192 valence electrons. The van der Waals surface area contributed by atoms with Crippen LogP contribution in [0.5, 0.6) is 0 Å². The molecule has 8 nitrogen and oxygen atoms in total. The average molecular weight is 549 g/mol. The van der Waals surface area contributed by atoms with Gasteiger partial charge in [0.1, 0.15) is 11.5 Å². The number of carbonyl (C=O) groups excluding carboxylic acids is 2. The lowest BCUT2D eigenvalue weighted by Crippen LogP contribution is -2.42. The molecule has 2 aromatic carbocycles. The van der Waals surface area contributed by atoms with Crippen molar-refractivity contribution >= 4 is 51.3 Å². The van der Waals surface area contributed by atoms with Crippen LogP contribution in [0.25, 0.3) is 16.6 Å². The zero-order valence-electron chi connectivity index (χ0n) is 20.4. The van der Waals surface area contributed by atoms with E-state index in [0.29, 0.717) is 10.0 Å². The number of rotatable bonds is 5. The number of fused-ring (bicyclic) bond motifs is 1. The highest BCUT2D eigenvalue weighted by Gasteiger charge is 2.48. The maximum atomic E-state index is 13.7. The van der Waals surface area contributed by atoms with Gasteiger partial charge in [0, 0.05) is 29.2 Å². The van der Waals surface area contributed by atoms with Gasteiger partial charge in [0.25, 0.3) is 5.91 Å². The highest BCUT2D eigenvalue weighted by Crippen LogP contribution is 2.44. The molecule has 11 heteroatoms. The van der Waals surface area contributed by atoms with E-state index in [-0.39, 0.29) is 23.3 Å². The second-order valence-corrected chi connectivity index (χ2v) is 11.0. The molecular weight excluding hydrogens is 527 g/mol. The van der Waals surface area contributed by atoms with Gasteiger partial charge < -0.3 is 10.2 Å². The van der Waals surface area contributed by atoms with Crippen LogP contribution in [0.4, 0.5) is 10.1 Å². The second kappa shape index (κ2) is 9.38. The normalized spacial score (nSPS) is 19.4. The molecule has 6 rings (SSSR count). The van der Waals surface area contributed by atoms with Crippen LogP contribution >= 0.6 is 22.9 Å². The molecule has 5 aromatic rings. The summed E-state index contributed by atoms with van der Waals surface area (Å²) >= 11 is 7.66. The number of aryl methyl sites for hydroxylation is 1. The van der Waals surface area contributed by atoms with E-state index in [4.69, 9.17) is 11.6 Å². The molecule has 1 saturated heterocycles. The van der Waals surface area contributed by atoms with Crippen LogP contribution in [0.2, 0.25) is 4.34 Å². The van der Waals surface area contributed by atoms with E-state index in [1.54, 1.807) is 58.0 Å². The van der Waals surface area contributed by atoms with Crippen LogP contribution in [0.1, 0.15) is 28.3 Å². The Labute approximate surface area is 226 Å². The molecule has 3 aromatic heterocycles. The minimum atomic E-state index is -0.510. The quantitative estimate of drug-likeness (QED) is 0.330. The Kier molecular flexibility index (Phi) is 6.00. The SMILES string of the molecule is CC1C(=O)N(c2ccc3c(cnn3-c3ccc(F)cc3)c2)C(c2ccc(Cl)s2)C1NC(=O)c1ccn(C)n1. The molecule has 1 fully saturated rings. The maximum Gasteiger partial charge on any atom is 0.272 e. The summed E-state index contributed by atoms with van der Waals surface area (Å²) in [7, 11) is 1.74. The van der Waals surface area contributed by atoms with E-state index < -0.39 is 18.0 Å².